The van der Waals surface area contributed by atoms with Crippen molar-refractivity contribution < 1.29 is 14.3 Å². The highest BCUT2D eigenvalue weighted by molar-refractivity contribution is 6.42. The minimum Gasteiger partial charge on any atom is -0.488 e. The van der Waals surface area contributed by atoms with Gasteiger partial charge < -0.3 is 9.47 Å². The third-order valence-electron chi connectivity index (χ3n) is 1.93. The molecule has 0 fully saturated rings. The van der Waals surface area contributed by atoms with Crippen LogP contribution in [0.2, 0.25) is 10.0 Å². The van der Waals surface area contributed by atoms with Gasteiger partial charge in [0.2, 0.25) is 0 Å². The van der Waals surface area contributed by atoms with Crippen molar-refractivity contribution in [2.45, 2.75) is 19.4 Å². The van der Waals surface area contributed by atoms with Crippen LogP contribution in [0.4, 0.5) is 0 Å². The predicted molar refractivity (Wildman–Crippen MR) is 63.2 cm³/mol. The molecule has 88 valence electrons. The molecule has 1 aromatic carbocycles. The lowest BCUT2D eigenvalue weighted by Crippen LogP contribution is -2.18. The number of esters is 1. The Morgan fingerprint density at radius 2 is 2.12 bits per heavy atom. The summed E-state index contributed by atoms with van der Waals surface area (Å²) in [6.45, 7) is 1.76. The zero-order chi connectivity index (χ0) is 12.1. The summed E-state index contributed by atoms with van der Waals surface area (Å²) in [4.78, 5) is 11.0. The minimum atomic E-state index is -0.328. The highest BCUT2D eigenvalue weighted by Gasteiger charge is 2.13. The van der Waals surface area contributed by atoms with E-state index in [0.717, 1.165) is 0 Å². The Bertz CT molecular complexity index is 379. The summed E-state index contributed by atoms with van der Waals surface area (Å²) in [6, 6.07) is 5.10. The van der Waals surface area contributed by atoms with Crippen LogP contribution in [0.15, 0.2) is 18.2 Å². The van der Waals surface area contributed by atoms with Gasteiger partial charge in [-0.2, -0.15) is 0 Å². The number of hydrogen-bond donors (Lipinski definition) is 0. The van der Waals surface area contributed by atoms with Crippen LogP contribution in [-0.4, -0.2) is 19.2 Å². The zero-order valence-corrected chi connectivity index (χ0v) is 10.5. The maximum Gasteiger partial charge on any atom is 0.309 e. The molecule has 0 radical (unpaired) electrons. The van der Waals surface area contributed by atoms with Crippen LogP contribution in [0.3, 0.4) is 0 Å². The largest absolute Gasteiger partial charge is 0.488 e. The smallest absolute Gasteiger partial charge is 0.309 e. The molecule has 0 N–H and O–H groups in total. The number of rotatable bonds is 4. The molecular formula is C11H12Cl2O3. The summed E-state index contributed by atoms with van der Waals surface area (Å²) >= 11 is 11.8. The van der Waals surface area contributed by atoms with Crippen molar-refractivity contribution >= 4 is 29.2 Å². The Kier molecular flexibility index (Phi) is 4.90. The van der Waals surface area contributed by atoms with E-state index in [-0.39, 0.29) is 18.5 Å². The van der Waals surface area contributed by atoms with Crippen molar-refractivity contribution in [2.24, 2.45) is 0 Å². The topological polar surface area (TPSA) is 35.5 Å². The number of halogens is 2. The van der Waals surface area contributed by atoms with Gasteiger partial charge >= 0.3 is 5.97 Å². The van der Waals surface area contributed by atoms with Crippen LogP contribution >= 0.6 is 23.2 Å². The summed E-state index contributed by atoms with van der Waals surface area (Å²) in [5, 5.41) is 0.769. The summed E-state index contributed by atoms with van der Waals surface area (Å²) in [5.74, 6) is 0.135. The summed E-state index contributed by atoms with van der Waals surface area (Å²) in [5.41, 5.74) is 0. The summed E-state index contributed by atoms with van der Waals surface area (Å²) in [6.07, 6.45) is -0.150. The fraction of sp³-hybridized carbons (Fsp3) is 0.364. The monoisotopic (exact) mass is 262 g/mol. The van der Waals surface area contributed by atoms with E-state index in [0.29, 0.717) is 15.8 Å². The molecule has 0 aliphatic heterocycles. The molecule has 1 unspecified atom stereocenters. The zero-order valence-electron chi connectivity index (χ0n) is 9.00. The Labute approximate surface area is 104 Å². The molecule has 0 saturated heterocycles. The third-order valence-corrected chi connectivity index (χ3v) is 2.73. The van der Waals surface area contributed by atoms with Crippen LogP contribution < -0.4 is 4.74 Å². The molecule has 0 amide bonds. The molecule has 1 rings (SSSR count). The number of methoxy groups -OCH3 is 1. The average molecular weight is 263 g/mol. The van der Waals surface area contributed by atoms with Gasteiger partial charge in [0.05, 0.1) is 18.6 Å². The first-order valence-corrected chi connectivity index (χ1v) is 5.47. The Morgan fingerprint density at radius 1 is 1.44 bits per heavy atom. The van der Waals surface area contributed by atoms with Crippen molar-refractivity contribution in [3.05, 3.63) is 28.2 Å². The molecule has 0 bridgehead atoms. The standard InChI is InChI=1S/C11H12Cl2O3/c1-7(6-10(14)15-2)16-9-5-3-4-8(12)11(9)13/h3-5,7H,6H2,1-2H3. The molecular weight excluding hydrogens is 251 g/mol. The van der Waals surface area contributed by atoms with Crippen LogP contribution in [0, 0.1) is 0 Å². The lowest BCUT2D eigenvalue weighted by Gasteiger charge is -2.14. The maximum absolute atomic E-state index is 11.0. The molecule has 0 saturated carbocycles. The first-order valence-electron chi connectivity index (χ1n) is 4.72. The molecule has 1 atom stereocenters. The molecule has 16 heavy (non-hydrogen) atoms. The van der Waals surface area contributed by atoms with Crippen molar-refractivity contribution in [3.63, 3.8) is 0 Å². The van der Waals surface area contributed by atoms with Gasteiger partial charge in [0, 0.05) is 0 Å². The maximum atomic E-state index is 11.0. The second-order valence-corrected chi connectivity index (χ2v) is 4.05. The van der Waals surface area contributed by atoms with Gasteiger partial charge in [-0.05, 0) is 19.1 Å². The van der Waals surface area contributed by atoms with E-state index >= 15 is 0 Å². The Morgan fingerprint density at radius 3 is 2.75 bits per heavy atom. The first kappa shape index (κ1) is 13.1. The van der Waals surface area contributed by atoms with Crippen molar-refractivity contribution in [1.29, 1.82) is 0 Å². The van der Waals surface area contributed by atoms with E-state index in [1.54, 1.807) is 25.1 Å². The third kappa shape index (κ3) is 3.58. The van der Waals surface area contributed by atoms with Gasteiger partial charge in [0.1, 0.15) is 16.9 Å². The molecule has 0 aromatic heterocycles. The van der Waals surface area contributed by atoms with Gasteiger partial charge in [-0.15, -0.1) is 0 Å². The van der Waals surface area contributed by atoms with E-state index in [9.17, 15) is 4.79 Å². The fourth-order valence-corrected chi connectivity index (χ4v) is 1.49. The molecule has 3 nitrogen and oxygen atoms in total. The van der Waals surface area contributed by atoms with E-state index in [2.05, 4.69) is 4.74 Å². The van der Waals surface area contributed by atoms with Crippen LogP contribution in [0.25, 0.3) is 0 Å². The summed E-state index contributed by atoms with van der Waals surface area (Å²) in [7, 11) is 1.33. The molecule has 5 heteroatoms. The van der Waals surface area contributed by atoms with E-state index in [1.165, 1.54) is 7.11 Å². The lowest BCUT2D eigenvalue weighted by atomic mass is 10.3. The van der Waals surface area contributed by atoms with Crippen molar-refractivity contribution in [2.75, 3.05) is 7.11 Å². The van der Waals surface area contributed by atoms with E-state index in [1.807, 2.05) is 0 Å². The van der Waals surface area contributed by atoms with Crippen molar-refractivity contribution in [1.82, 2.24) is 0 Å². The van der Waals surface area contributed by atoms with Crippen LogP contribution in [0.1, 0.15) is 13.3 Å². The van der Waals surface area contributed by atoms with Gasteiger partial charge in [0.15, 0.2) is 0 Å². The Hall–Kier alpha value is -0.930. The van der Waals surface area contributed by atoms with Crippen molar-refractivity contribution in [3.8, 4) is 5.75 Å². The SMILES string of the molecule is COC(=O)CC(C)Oc1cccc(Cl)c1Cl. The van der Waals surface area contributed by atoms with Gasteiger partial charge in [0.25, 0.3) is 0 Å². The normalized spacial score (nSPS) is 12.0. The van der Waals surface area contributed by atoms with Gasteiger partial charge in [-0.25, -0.2) is 0 Å². The van der Waals surface area contributed by atoms with Gasteiger partial charge in [-0.3, -0.25) is 4.79 Å². The van der Waals surface area contributed by atoms with Gasteiger partial charge in [-0.1, -0.05) is 29.3 Å². The average Bonchev–Trinajstić information content (AvgIpc) is 2.24. The van der Waals surface area contributed by atoms with Crippen LogP contribution in [-0.2, 0) is 9.53 Å². The fourth-order valence-electron chi connectivity index (χ4n) is 1.15. The predicted octanol–water partition coefficient (Wildman–Crippen LogP) is 3.32. The molecule has 0 spiro atoms. The quantitative estimate of drug-likeness (QED) is 0.781. The number of benzene rings is 1. The van der Waals surface area contributed by atoms with E-state index < -0.39 is 0 Å². The van der Waals surface area contributed by atoms with Crippen LogP contribution in [0.5, 0.6) is 5.75 Å². The molecule has 0 heterocycles. The molecule has 1 aromatic rings. The summed E-state index contributed by atoms with van der Waals surface area (Å²) < 4.78 is 10.0. The second kappa shape index (κ2) is 5.97. The highest BCUT2D eigenvalue weighted by atomic mass is 35.5. The first-order chi connectivity index (χ1) is 7.54. The lowest BCUT2D eigenvalue weighted by molar-refractivity contribution is -0.142. The number of carbonyl (C=O) groups is 1. The van der Waals surface area contributed by atoms with E-state index in [4.69, 9.17) is 27.9 Å². The minimum absolute atomic E-state index is 0.166. The number of carbonyl (C=O) groups excluding carboxylic acids is 1. The number of ether oxygens (including phenoxy) is 2. The number of hydrogen-bond acceptors (Lipinski definition) is 3. The highest BCUT2D eigenvalue weighted by Crippen LogP contribution is 2.32. The molecule has 0 aliphatic carbocycles. The molecule has 0 aliphatic rings. The second-order valence-electron chi connectivity index (χ2n) is 3.26. The Balaban J connectivity index is 2.66.